The molecule has 1 aromatic carbocycles. The van der Waals surface area contributed by atoms with Crippen molar-refractivity contribution in [3.05, 3.63) is 52.8 Å². The first-order valence-corrected chi connectivity index (χ1v) is 12.5. The second kappa shape index (κ2) is 9.59. The van der Waals surface area contributed by atoms with Gasteiger partial charge < -0.3 is 19.8 Å². The lowest BCUT2D eigenvalue weighted by molar-refractivity contribution is -0.117. The molecule has 5 rings (SSSR count). The first kappa shape index (κ1) is 23.2. The standard InChI is InChI=1S/C27H32N6O2/c1-18-19(2)33(21-8-4-5-9-21)26(22(18)16-28)30-25(34)17-31-11-13-32(14-12-31)27(35)24-15-20-7-3-6-10-23(20)29-24/h3,6-7,10,15,21,29H,4-5,8-9,11-14,17H2,1-2H3,(H,30,34). The predicted molar refractivity (Wildman–Crippen MR) is 135 cm³/mol. The minimum absolute atomic E-state index is 0.00990. The van der Waals surface area contributed by atoms with E-state index in [1.54, 1.807) is 0 Å². The third-order valence-electron chi connectivity index (χ3n) is 7.60. The molecular formula is C27H32N6O2. The summed E-state index contributed by atoms with van der Waals surface area (Å²) in [6.07, 6.45) is 4.51. The Hall–Kier alpha value is -3.57. The van der Waals surface area contributed by atoms with E-state index in [9.17, 15) is 14.9 Å². The van der Waals surface area contributed by atoms with Gasteiger partial charge in [-0.25, -0.2) is 0 Å². The van der Waals surface area contributed by atoms with Gasteiger partial charge in [-0.15, -0.1) is 0 Å². The number of para-hydroxylation sites is 1. The maximum atomic E-state index is 13.0. The Kier molecular flexibility index (Phi) is 6.35. The average Bonchev–Trinajstić information content (AvgIpc) is 3.58. The summed E-state index contributed by atoms with van der Waals surface area (Å²) < 4.78 is 2.18. The number of nitrogens with one attached hydrogen (secondary N) is 2. The molecule has 8 heteroatoms. The van der Waals surface area contributed by atoms with Crippen molar-refractivity contribution in [1.82, 2.24) is 19.4 Å². The van der Waals surface area contributed by atoms with Gasteiger partial charge in [0.25, 0.3) is 5.91 Å². The lowest BCUT2D eigenvalue weighted by atomic mass is 10.2. The summed E-state index contributed by atoms with van der Waals surface area (Å²) in [4.78, 5) is 33.1. The number of anilines is 1. The summed E-state index contributed by atoms with van der Waals surface area (Å²) in [6, 6.07) is 12.4. The molecule has 1 aliphatic heterocycles. The van der Waals surface area contributed by atoms with Gasteiger partial charge in [0.05, 0.1) is 12.1 Å². The van der Waals surface area contributed by atoms with Gasteiger partial charge in [-0.2, -0.15) is 5.26 Å². The lowest BCUT2D eigenvalue weighted by Crippen LogP contribution is -2.50. The summed E-state index contributed by atoms with van der Waals surface area (Å²) in [5.74, 6) is 0.518. The third-order valence-corrected chi connectivity index (χ3v) is 7.60. The Balaban J connectivity index is 1.21. The molecule has 1 saturated carbocycles. The van der Waals surface area contributed by atoms with Crippen LogP contribution in [0.4, 0.5) is 5.82 Å². The molecule has 0 atom stereocenters. The molecule has 3 aromatic rings. The van der Waals surface area contributed by atoms with E-state index in [2.05, 4.69) is 25.8 Å². The normalized spacial score (nSPS) is 17.1. The van der Waals surface area contributed by atoms with Crippen LogP contribution in [0, 0.1) is 25.2 Å². The predicted octanol–water partition coefficient (Wildman–Crippen LogP) is 3.97. The van der Waals surface area contributed by atoms with E-state index in [1.165, 1.54) is 12.8 Å². The van der Waals surface area contributed by atoms with Crippen LogP contribution in [0.25, 0.3) is 10.9 Å². The zero-order valence-corrected chi connectivity index (χ0v) is 20.4. The average molecular weight is 473 g/mol. The number of nitrogens with zero attached hydrogens (tertiary/aromatic N) is 4. The summed E-state index contributed by atoms with van der Waals surface area (Å²) >= 11 is 0. The highest BCUT2D eigenvalue weighted by molar-refractivity contribution is 5.98. The number of aromatic amines is 1. The fourth-order valence-corrected chi connectivity index (χ4v) is 5.55. The monoisotopic (exact) mass is 472 g/mol. The molecular weight excluding hydrogens is 440 g/mol. The van der Waals surface area contributed by atoms with Crippen LogP contribution in [0.2, 0.25) is 0 Å². The van der Waals surface area contributed by atoms with Crippen molar-refractivity contribution in [3.63, 3.8) is 0 Å². The molecule has 3 heterocycles. The van der Waals surface area contributed by atoms with E-state index >= 15 is 0 Å². The van der Waals surface area contributed by atoms with Crippen LogP contribution in [-0.4, -0.2) is 63.9 Å². The Morgan fingerprint density at radius 3 is 2.51 bits per heavy atom. The summed E-state index contributed by atoms with van der Waals surface area (Å²) in [5.41, 5.74) is 4.12. The topological polar surface area (TPSA) is 97.2 Å². The van der Waals surface area contributed by atoms with Crippen LogP contribution < -0.4 is 5.32 Å². The van der Waals surface area contributed by atoms with Gasteiger partial charge in [-0.1, -0.05) is 31.0 Å². The number of piperazine rings is 1. The summed E-state index contributed by atoms with van der Waals surface area (Å²) in [5, 5.41) is 13.9. The number of carbonyl (C=O) groups excluding carboxylic acids is 2. The molecule has 2 fully saturated rings. The smallest absolute Gasteiger partial charge is 0.270 e. The maximum absolute atomic E-state index is 13.0. The second-order valence-corrected chi connectivity index (χ2v) is 9.74. The van der Waals surface area contributed by atoms with Crippen molar-refractivity contribution in [1.29, 1.82) is 5.26 Å². The van der Waals surface area contributed by atoms with Crippen molar-refractivity contribution < 1.29 is 9.59 Å². The van der Waals surface area contributed by atoms with E-state index in [0.29, 0.717) is 49.3 Å². The molecule has 2 N–H and O–H groups in total. The molecule has 0 spiro atoms. The molecule has 35 heavy (non-hydrogen) atoms. The SMILES string of the molecule is Cc1c(C#N)c(NC(=O)CN2CCN(C(=O)c3cc4ccccc4[nH]3)CC2)n(C2CCCC2)c1C. The Bertz CT molecular complexity index is 1270. The van der Waals surface area contributed by atoms with Crippen molar-refractivity contribution >= 4 is 28.5 Å². The van der Waals surface area contributed by atoms with Crippen molar-refractivity contribution in [3.8, 4) is 6.07 Å². The summed E-state index contributed by atoms with van der Waals surface area (Å²) in [7, 11) is 0. The minimum atomic E-state index is -0.117. The Morgan fingerprint density at radius 1 is 1.11 bits per heavy atom. The molecule has 0 unspecified atom stereocenters. The molecule has 0 bridgehead atoms. The van der Waals surface area contributed by atoms with Crippen molar-refractivity contribution in [2.45, 2.75) is 45.6 Å². The molecule has 2 aliphatic rings. The molecule has 1 saturated heterocycles. The van der Waals surface area contributed by atoms with Gasteiger partial charge in [-0.3, -0.25) is 14.5 Å². The molecule has 182 valence electrons. The van der Waals surface area contributed by atoms with Crippen LogP contribution in [-0.2, 0) is 4.79 Å². The Labute approximate surface area is 205 Å². The fourth-order valence-electron chi connectivity index (χ4n) is 5.55. The minimum Gasteiger partial charge on any atom is -0.351 e. The first-order valence-electron chi connectivity index (χ1n) is 12.5. The molecule has 2 amide bonds. The highest BCUT2D eigenvalue weighted by atomic mass is 16.2. The zero-order chi connectivity index (χ0) is 24.5. The quantitative estimate of drug-likeness (QED) is 0.587. The zero-order valence-electron chi connectivity index (χ0n) is 20.4. The molecule has 2 aromatic heterocycles. The van der Waals surface area contributed by atoms with E-state index < -0.39 is 0 Å². The molecule has 8 nitrogen and oxygen atoms in total. The number of rotatable bonds is 5. The third kappa shape index (κ3) is 4.44. The maximum Gasteiger partial charge on any atom is 0.270 e. The largest absolute Gasteiger partial charge is 0.351 e. The van der Waals surface area contributed by atoms with Crippen LogP contribution in [0.15, 0.2) is 30.3 Å². The highest BCUT2D eigenvalue weighted by Gasteiger charge is 2.28. The van der Waals surface area contributed by atoms with E-state index in [1.807, 2.05) is 49.1 Å². The van der Waals surface area contributed by atoms with Crippen LogP contribution in [0.5, 0.6) is 0 Å². The summed E-state index contributed by atoms with van der Waals surface area (Å²) in [6.45, 7) is 6.64. The number of fused-ring (bicyclic) bond motifs is 1. The van der Waals surface area contributed by atoms with Crippen LogP contribution in [0.3, 0.4) is 0 Å². The van der Waals surface area contributed by atoms with Gasteiger partial charge in [-0.05, 0) is 44.4 Å². The Morgan fingerprint density at radius 2 is 1.83 bits per heavy atom. The number of H-pyrrole nitrogens is 1. The molecule has 1 aliphatic carbocycles. The van der Waals surface area contributed by atoms with E-state index in [-0.39, 0.29) is 18.4 Å². The van der Waals surface area contributed by atoms with Crippen molar-refractivity contribution in [2.24, 2.45) is 0 Å². The van der Waals surface area contributed by atoms with Gasteiger partial charge in [0.15, 0.2) is 0 Å². The van der Waals surface area contributed by atoms with Crippen molar-refractivity contribution in [2.75, 3.05) is 38.0 Å². The van der Waals surface area contributed by atoms with Gasteiger partial charge in [0.2, 0.25) is 5.91 Å². The van der Waals surface area contributed by atoms with Crippen LogP contribution in [0.1, 0.15) is 59.0 Å². The number of amides is 2. The fraction of sp³-hybridized carbons (Fsp3) is 0.444. The van der Waals surface area contributed by atoms with E-state index in [0.717, 1.165) is 35.0 Å². The van der Waals surface area contributed by atoms with Gasteiger partial charge in [0, 0.05) is 48.8 Å². The highest BCUT2D eigenvalue weighted by Crippen LogP contribution is 2.37. The first-order chi connectivity index (χ1) is 17.0. The van der Waals surface area contributed by atoms with E-state index in [4.69, 9.17) is 0 Å². The number of hydrogen-bond donors (Lipinski definition) is 2. The second-order valence-electron chi connectivity index (χ2n) is 9.74. The number of benzene rings is 1. The number of hydrogen-bond acceptors (Lipinski definition) is 4. The van der Waals surface area contributed by atoms with Gasteiger partial charge >= 0.3 is 0 Å². The van der Waals surface area contributed by atoms with Crippen LogP contribution >= 0.6 is 0 Å². The lowest BCUT2D eigenvalue weighted by Gasteiger charge is -2.34. The number of aromatic nitrogens is 2. The number of carbonyl (C=O) groups is 2. The van der Waals surface area contributed by atoms with Gasteiger partial charge in [0.1, 0.15) is 17.6 Å². The molecule has 0 radical (unpaired) electrons. The number of nitriles is 1.